The molecular formula is C31H36N4O4. The van der Waals surface area contributed by atoms with Crippen molar-refractivity contribution >= 4 is 35.5 Å². The van der Waals surface area contributed by atoms with Gasteiger partial charge in [0.2, 0.25) is 0 Å². The van der Waals surface area contributed by atoms with Crippen LogP contribution in [0.3, 0.4) is 0 Å². The van der Waals surface area contributed by atoms with Gasteiger partial charge in [-0.05, 0) is 102 Å². The highest BCUT2D eigenvalue weighted by molar-refractivity contribution is 6.00. The smallest absolute Gasteiger partial charge is 0.340 e. The van der Waals surface area contributed by atoms with Crippen LogP contribution in [0, 0.1) is 13.8 Å². The summed E-state index contributed by atoms with van der Waals surface area (Å²) in [7, 11) is 0. The summed E-state index contributed by atoms with van der Waals surface area (Å²) in [5, 5.41) is 0. The predicted octanol–water partition coefficient (Wildman–Crippen LogP) is 6.43. The minimum Gasteiger partial charge on any atom is -0.462 e. The fraction of sp³-hybridized carbons (Fsp3) is 0.355. The van der Waals surface area contributed by atoms with E-state index in [0.29, 0.717) is 22.5 Å². The van der Waals surface area contributed by atoms with Crippen LogP contribution < -0.4 is 0 Å². The summed E-state index contributed by atoms with van der Waals surface area (Å²) in [6.45, 7) is 15.8. The average Bonchev–Trinajstić information content (AvgIpc) is 3.54. The van der Waals surface area contributed by atoms with Crippen LogP contribution in [0.2, 0.25) is 0 Å². The maximum atomic E-state index is 13.1. The SMILES string of the molecule is CCOC(=O)c1c(Cc2[nH]c(/C=C3/N=C(C)C=C3C)c(C)c2C(=O)OCC)[nH]c(/C=C2\N=C(C)C=C2C)c1C. The Bertz CT molecular complexity index is 1420. The summed E-state index contributed by atoms with van der Waals surface area (Å²) in [5.74, 6) is -0.826. The normalized spacial score (nSPS) is 16.9. The Balaban J connectivity index is 1.84. The minimum atomic E-state index is -0.413. The zero-order chi connectivity index (χ0) is 28.4. The molecular weight excluding hydrogens is 492 g/mol. The van der Waals surface area contributed by atoms with Gasteiger partial charge in [-0.15, -0.1) is 0 Å². The maximum Gasteiger partial charge on any atom is 0.340 e. The number of rotatable bonds is 8. The van der Waals surface area contributed by atoms with Crippen molar-refractivity contribution in [2.24, 2.45) is 9.98 Å². The molecule has 204 valence electrons. The number of aromatic nitrogens is 2. The topological polar surface area (TPSA) is 109 Å². The molecule has 4 heterocycles. The van der Waals surface area contributed by atoms with E-state index in [0.717, 1.165) is 56.5 Å². The summed E-state index contributed by atoms with van der Waals surface area (Å²) < 4.78 is 10.8. The van der Waals surface area contributed by atoms with Gasteiger partial charge in [-0.3, -0.25) is 9.98 Å². The molecule has 2 aliphatic heterocycles. The van der Waals surface area contributed by atoms with Crippen molar-refractivity contribution < 1.29 is 19.1 Å². The van der Waals surface area contributed by atoms with Crippen molar-refractivity contribution in [3.05, 3.63) is 79.7 Å². The number of allylic oxidation sites excluding steroid dienone is 4. The molecule has 8 nitrogen and oxygen atoms in total. The van der Waals surface area contributed by atoms with Gasteiger partial charge in [-0.2, -0.15) is 0 Å². The molecule has 0 radical (unpaired) electrons. The van der Waals surface area contributed by atoms with Crippen LogP contribution in [0.25, 0.3) is 12.2 Å². The molecule has 0 unspecified atom stereocenters. The summed E-state index contributed by atoms with van der Waals surface area (Å²) in [4.78, 5) is 42.2. The Morgan fingerprint density at radius 1 is 0.718 bits per heavy atom. The van der Waals surface area contributed by atoms with Crippen LogP contribution in [0.5, 0.6) is 0 Å². The second-order valence-corrected chi connectivity index (χ2v) is 9.87. The molecule has 0 bridgehead atoms. The number of hydrogen-bond donors (Lipinski definition) is 2. The molecule has 0 amide bonds. The van der Waals surface area contributed by atoms with Crippen LogP contribution in [0.1, 0.15) is 96.2 Å². The first-order valence-corrected chi connectivity index (χ1v) is 13.2. The number of esters is 2. The molecule has 2 N–H and O–H groups in total. The zero-order valence-electron chi connectivity index (χ0n) is 24.0. The van der Waals surface area contributed by atoms with E-state index in [2.05, 4.69) is 20.0 Å². The first-order chi connectivity index (χ1) is 18.5. The second kappa shape index (κ2) is 11.3. The number of carbonyl (C=O) groups is 2. The molecule has 0 spiro atoms. The van der Waals surface area contributed by atoms with Gasteiger partial charge in [0, 0.05) is 40.6 Å². The monoisotopic (exact) mass is 528 g/mol. The summed E-state index contributed by atoms with van der Waals surface area (Å²) >= 11 is 0. The number of nitrogens with one attached hydrogen (secondary N) is 2. The first kappa shape index (κ1) is 27.8. The van der Waals surface area contributed by atoms with Gasteiger partial charge < -0.3 is 19.4 Å². The van der Waals surface area contributed by atoms with E-state index >= 15 is 0 Å². The number of hydrogen-bond acceptors (Lipinski definition) is 6. The van der Waals surface area contributed by atoms with E-state index in [9.17, 15) is 9.59 Å². The molecule has 0 fully saturated rings. The molecule has 39 heavy (non-hydrogen) atoms. The number of H-pyrrole nitrogens is 2. The van der Waals surface area contributed by atoms with Crippen molar-refractivity contribution in [1.29, 1.82) is 0 Å². The highest BCUT2D eigenvalue weighted by atomic mass is 16.5. The van der Waals surface area contributed by atoms with Crippen LogP contribution >= 0.6 is 0 Å². The van der Waals surface area contributed by atoms with Gasteiger partial charge in [-0.1, -0.05) is 0 Å². The van der Waals surface area contributed by atoms with Crippen LogP contribution in [-0.4, -0.2) is 46.5 Å². The third-order valence-corrected chi connectivity index (χ3v) is 6.86. The number of carbonyl (C=O) groups excluding carboxylic acids is 2. The van der Waals surface area contributed by atoms with Crippen molar-refractivity contribution in [1.82, 2.24) is 9.97 Å². The number of ether oxygens (including phenoxy) is 2. The Kier molecular flexibility index (Phi) is 8.04. The van der Waals surface area contributed by atoms with E-state index < -0.39 is 11.9 Å². The molecule has 4 rings (SSSR count). The van der Waals surface area contributed by atoms with E-state index in [1.807, 2.05) is 65.8 Å². The lowest BCUT2D eigenvalue weighted by Gasteiger charge is -2.07. The van der Waals surface area contributed by atoms with Crippen molar-refractivity contribution in [2.75, 3.05) is 13.2 Å². The van der Waals surface area contributed by atoms with E-state index in [4.69, 9.17) is 9.47 Å². The van der Waals surface area contributed by atoms with Gasteiger partial charge in [0.1, 0.15) is 0 Å². The number of aliphatic imine (C=N–C) groups is 2. The van der Waals surface area contributed by atoms with Crippen LogP contribution in [-0.2, 0) is 15.9 Å². The molecule has 0 saturated heterocycles. The molecule has 0 atom stereocenters. The van der Waals surface area contributed by atoms with Crippen molar-refractivity contribution in [3.63, 3.8) is 0 Å². The van der Waals surface area contributed by atoms with E-state index in [-0.39, 0.29) is 19.6 Å². The fourth-order valence-electron chi connectivity index (χ4n) is 5.01. The van der Waals surface area contributed by atoms with Gasteiger partial charge in [0.25, 0.3) is 0 Å². The summed E-state index contributed by atoms with van der Waals surface area (Å²) in [6, 6.07) is 0. The van der Waals surface area contributed by atoms with Crippen molar-refractivity contribution in [3.8, 4) is 0 Å². The Morgan fingerprint density at radius 2 is 1.10 bits per heavy atom. The molecule has 2 aliphatic rings. The predicted molar refractivity (Wildman–Crippen MR) is 155 cm³/mol. The molecule has 2 aromatic rings. The molecule has 0 aromatic carbocycles. The van der Waals surface area contributed by atoms with E-state index in [1.54, 1.807) is 13.8 Å². The lowest BCUT2D eigenvalue weighted by atomic mass is 10.0. The molecule has 0 saturated carbocycles. The van der Waals surface area contributed by atoms with Gasteiger partial charge in [-0.25, -0.2) is 9.59 Å². The third kappa shape index (κ3) is 5.65. The second-order valence-electron chi connectivity index (χ2n) is 9.87. The lowest BCUT2D eigenvalue weighted by molar-refractivity contribution is 0.0516. The average molecular weight is 529 g/mol. The Labute approximate surface area is 229 Å². The number of aromatic amines is 2. The maximum absolute atomic E-state index is 13.1. The van der Waals surface area contributed by atoms with Gasteiger partial charge in [0.15, 0.2) is 0 Å². The van der Waals surface area contributed by atoms with Crippen LogP contribution in [0.4, 0.5) is 0 Å². The molecule has 8 heteroatoms. The largest absolute Gasteiger partial charge is 0.462 e. The van der Waals surface area contributed by atoms with Crippen molar-refractivity contribution in [2.45, 2.75) is 61.8 Å². The quantitative estimate of drug-likeness (QED) is 0.385. The third-order valence-electron chi connectivity index (χ3n) is 6.86. The fourth-order valence-corrected chi connectivity index (χ4v) is 5.01. The highest BCUT2D eigenvalue weighted by Gasteiger charge is 2.27. The summed E-state index contributed by atoms with van der Waals surface area (Å²) in [5.41, 5.74) is 10.9. The van der Waals surface area contributed by atoms with E-state index in [1.165, 1.54) is 0 Å². The standard InChI is InChI=1S/C31H36N4O4/c1-9-38-30(36)28-20(7)24(13-22-16(3)11-18(5)32-22)34-26(28)15-27-29(31(37)39-10-2)21(8)25(35-27)14-23-17(4)12-19(6)33-23/h11-14,34-35H,9-10,15H2,1-8H3/b22-13-,23-14+. The molecule has 0 aliphatic carbocycles. The zero-order valence-corrected chi connectivity index (χ0v) is 24.0. The molecule has 2 aromatic heterocycles. The lowest BCUT2D eigenvalue weighted by Crippen LogP contribution is -2.11. The highest BCUT2D eigenvalue weighted by Crippen LogP contribution is 2.31. The Morgan fingerprint density at radius 3 is 1.41 bits per heavy atom. The minimum absolute atomic E-state index is 0.255. The number of nitrogens with zero attached hydrogens (tertiary/aromatic N) is 2. The van der Waals surface area contributed by atoms with Crippen LogP contribution in [0.15, 0.2) is 44.7 Å². The van der Waals surface area contributed by atoms with Gasteiger partial charge >= 0.3 is 11.9 Å². The van der Waals surface area contributed by atoms with Gasteiger partial charge in [0.05, 0.1) is 35.7 Å². The Hall–Kier alpha value is -4.20. The first-order valence-electron chi connectivity index (χ1n) is 13.2. The summed E-state index contributed by atoms with van der Waals surface area (Å²) in [6.07, 6.45) is 8.20.